The standard InChI is InChI=1S/C29H35N5O4/c1-18(2)34-26-6-4-3-5-20(26)13-25(29(34)38)28(37)32-21-14-22-7-8-23(15-21)33(22)17-24(35)16-31-27(36)19-9-11-30-12-10-19/h3-6,9-13,18,21-24,35H,7-8,14-17H2,1-2H3,(H,31,36)(H,32,37)/t21?,22-,23+,24?. The molecular formula is C29H35N5O4. The number of hydrogen-bond donors (Lipinski definition) is 3. The van der Waals surface area contributed by atoms with Gasteiger partial charge in [0.2, 0.25) is 0 Å². The van der Waals surface area contributed by atoms with E-state index in [1.54, 1.807) is 35.2 Å². The molecule has 1 aromatic carbocycles. The highest BCUT2D eigenvalue weighted by molar-refractivity contribution is 5.97. The monoisotopic (exact) mass is 517 g/mol. The molecule has 5 rings (SSSR count). The third-order valence-corrected chi connectivity index (χ3v) is 7.79. The van der Waals surface area contributed by atoms with Crippen LogP contribution in [0.3, 0.4) is 0 Å². The Morgan fingerprint density at radius 2 is 1.74 bits per heavy atom. The molecule has 200 valence electrons. The number of aliphatic hydroxyl groups excluding tert-OH is 1. The highest BCUT2D eigenvalue weighted by Crippen LogP contribution is 2.36. The number of fused-ring (bicyclic) bond motifs is 3. The lowest BCUT2D eigenvalue weighted by molar-refractivity contribution is 0.0493. The van der Waals surface area contributed by atoms with Gasteiger partial charge in [0.25, 0.3) is 17.4 Å². The van der Waals surface area contributed by atoms with Gasteiger partial charge in [0.05, 0.1) is 11.6 Å². The van der Waals surface area contributed by atoms with E-state index in [1.165, 1.54) is 0 Å². The quantitative estimate of drug-likeness (QED) is 0.423. The minimum absolute atomic E-state index is 0.0295. The van der Waals surface area contributed by atoms with Crippen LogP contribution in [-0.4, -0.2) is 68.7 Å². The van der Waals surface area contributed by atoms with E-state index < -0.39 is 6.10 Å². The Bertz CT molecular complexity index is 1360. The maximum atomic E-state index is 13.3. The van der Waals surface area contributed by atoms with Crippen molar-refractivity contribution in [1.29, 1.82) is 0 Å². The van der Waals surface area contributed by atoms with Crippen molar-refractivity contribution in [1.82, 2.24) is 25.1 Å². The largest absolute Gasteiger partial charge is 0.390 e. The molecule has 3 N–H and O–H groups in total. The van der Waals surface area contributed by atoms with Crippen molar-refractivity contribution < 1.29 is 14.7 Å². The summed E-state index contributed by atoms with van der Waals surface area (Å²) < 4.78 is 1.69. The summed E-state index contributed by atoms with van der Waals surface area (Å²) in [5.74, 6) is -0.562. The molecule has 2 fully saturated rings. The van der Waals surface area contributed by atoms with Crippen LogP contribution in [0.2, 0.25) is 0 Å². The van der Waals surface area contributed by atoms with E-state index in [4.69, 9.17) is 0 Å². The van der Waals surface area contributed by atoms with Crippen LogP contribution in [0, 0.1) is 0 Å². The van der Waals surface area contributed by atoms with E-state index in [9.17, 15) is 19.5 Å². The number of rotatable bonds is 8. The third kappa shape index (κ3) is 5.35. The van der Waals surface area contributed by atoms with Gasteiger partial charge in [-0.15, -0.1) is 0 Å². The third-order valence-electron chi connectivity index (χ3n) is 7.79. The number of amides is 2. The van der Waals surface area contributed by atoms with Crippen molar-refractivity contribution >= 4 is 22.7 Å². The molecule has 2 unspecified atom stereocenters. The molecule has 4 atom stereocenters. The molecule has 0 spiro atoms. The summed E-state index contributed by atoms with van der Waals surface area (Å²) in [5, 5.41) is 17.4. The average molecular weight is 518 g/mol. The molecule has 2 aliphatic heterocycles. The molecule has 9 nitrogen and oxygen atoms in total. The summed E-state index contributed by atoms with van der Waals surface area (Å²) in [6.45, 7) is 4.53. The zero-order chi connectivity index (χ0) is 26.8. The first-order valence-corrected chi connectivity index (χ1v) is 13.4. The van der Waals surface area contributed by atoms with Crippen LogP contribution in [0.1, 0.15) is 66.3 Å². The molecule has 9 heteroatoms. The van der Waals surface area contributed by atoms with Crippen molar-refractivity contribution in [3.05, 3.63) is 76.3 Å². The van der Waals surface area contributed by atoms with Gasteiger partial charge in [0.1, 0.15) is 5.56 Å². The zero-order valence-corrected chi connectivity index (χ0v) is 21.8. The van der Waals surface area contributed by atoms with Gasteiger partial charge in [0.15, 0.2) is 0 Å². The van der Waals surface area contributed by atoms with Crippen LogP contribution in [0.15, 0.2) is 59.7 Å². The van der Waals surface area contributed by atoms with Crippen LogP contribution >= 0.6 is 0 Å². The maximum absolute atomic E-state index is 13.3. The van der Waals surface area contributed by atoms with Crippen molar-refractivity contribution in [2.45, 2.75) is 69.8 Å². The molecule has 2 bridgehead atoms. The second-order valence-electron chi connectivity index (χ2n) is 10.7. The SMILES string of the molecule is CC(C)n1c(=O)c(C(=O)NC2C[C@H]3CC[C@@H](C2)N3CC(O)CNC(=O)c2ccncc2)cc2ccccc21. The van der Waals surface area contributed by atoms with Crippen LogP contribution in [0.5, 0.6) is 0 Å². The Labute approximate surface area is 221 Å². The normalized spacial score (nSPS) is 21.9. The van der Waals surface area contributed by atoms with Crippen LogP contribution in [0.4, 0.5) is 0 Å². The van der Waals surface area contributed by atoms with E-state index in [0.717, 1.165) is 36.6 Å². The Morgan fingerprint density at radius 3 is 2.42 bits per heavy atom. The first kappa shape index (κ1) is 26.1. The van der Waals surface area contributed by atoms with Crippen LogP contribution in [0.25, 0.3) is 10.9 Å². The number of nitrogens with one attached hydrogen (secondary N) is 2. The minimum Gasteiger partial charge on any atom is -0.390 e. The molecule has 38 heavy (non-hydrogen) atoms. The number of piperidine rings is 1. The number of nitrogens with zero attached hydrogens (tertiary/aromatic N) is 3. The van der Waals surface area contributed by atoms with Gasteiger partial charge in [-0.05, 0) is 69.2 Å². The molecule has 0 aliphatic carbocycles. The first-order valence-electron chi connectivity index (χ1n) is 13.4. The van der Waals surface area contributed by atoms with E-state index in [1.807, 2.05) is 38.1 Å². The fourth-order valence-electron chi connectivity index (χ4n) is 6.04. The predicted molar refractivity (Wildman–Crippen MR) is 145 cm³/mol. The van der Waals surface area contributed by atoms with Gasteiger partial charge in [-0.3, -0.25) is 24.3 Å². The lowest BCUT2D eigenvalue weighted by Gasteiger charge is -2.40. The number of benzene rings is 1. The van der Waals surface area contributed by atoms with Gasteiger partial charge in [-0.2, -0.15) is 0 Å². The number of carbonyl (C=O) groups excluding carboxylic acids is 2. The second kappa shape index (κ2) is 11.0. The Balaban J connectivity index is 1.20. The van der Waals surface area contributed by atoms with Gasteiger partial charge in [-0.25, -0.2) is 0 Å². The minimum atomic E-state index is -0.692. The summed E-state index contributed by atoms with van der Waals surface area (Å²) in [5.41, 5.74) is 1.24. The summed E-state index contributed by atoms with van der Waals surface area (Å²) in [6, 6.07) is 13.0. The maximum Gasteiger partial charge on any atom is 0.264 e. The van der Waals surface area contributed by atoms with Crippen LogP contribution in [-0.2, 0) is 0 Å². The van der Waals surface area contributed by atoms with E-state index >= 15 is 0 Å². The number of para-hydroxylation sites is 1. The number of aromatic nitrogens is 2. The van der Waals surface area contributed by atoms with Gasteiger partial charge >= 0.3 is 0 Å². The summed E-state index contributed by atoms with van der Waals surface area (Å²) >= 11 is 0. The van der Waals surface area contributed by atoms with Crippen molar-refractivity contribution in [3.63, 3.8) is 0 Å². The molecule has 0 radical (unpaired) electrons. The smallest absolute Gasteiger partial charge is 0.264 e. The number of aliphatic hydroxyl groups is 1. The summed E-state index contributed by atoms with van der Waals surface area (Å²) in [6.07, 6.45) is 5.97. The number of hydrogen-bond acceptors (Lipinski definition) is 6. The molecule has 0 saturated carbocycles. The van der Waals surface area contributed by atoms with Crippen molar-refractivity contribution in [2.24, 2.45) is 0 Å². The molecule has 2 amide bonds. The Hall–Kier alpha value is -3.56. The molecule has 2 aromatic heterocycles. The molecule has 3 aromatic rings. The highest BCUT2D eigenvalue weighted by Gasteiger charge is 2.41. The molecule has 2 aliphatic rings. The summed E-state index contributed by atoms with van der Waals surface area (Å²) in [4.78, 5) is 45.0. The van der Waals surface area contributed by atoms with Crippen LogP contribution < -0.4 is 16.2 Å². The number of pyridine rings is 2. The fourth-order valence-corrected chi connectivity index (χ4v) is 6.04. The summed E-state index contributed by atoms with van der Waals surface area (Å²) in [7, 11) is 0. The van der Waals surface area contributed by atoms with Gasteiger partial charge < -0.3 is 20.3 Å². The van der Waals surface area contributed by atoms with Crippen molar-refractivity contribution in [3.8, 4) is 0 Å². The first-order chi connectivity index (χ1) is 18.3. The number of carbonyl (C=O) groups is 2. The fraction of sp³-hybridized carbons (Fsp3) is 0.448. The topological polar surface area (TPSA) is 117 Å². The van der Waals surface area contributed by atoms with Gasteiger partial charge in [0, 0.05) is 55.2 Å². The Morgan fingerprint density at radius 1 is 1.05 bits per heavy atom. The second-order valence-corrected chi connectivity index (χ2v) is 10.7. The van der Waals surface area contributed by atoms with E-state index in [-0.39, 0.29) is 53.6 Å². The lowest BCUT2D eigenvalue weighted by Crippen LogP contribution is -2.53. The van der Waals surface area contributed by atoms with Crippen molar-refractivity contribution in [2.75, 3.05) is 13.1 Å². The van der Waals surface area contributed by atoms with E-state index in [0.29, 0.717) is 12.1 Å². The van der Waals surface area contributed by atoms with E-state index in [2.05, 4.69) is 20.5 Å². The highest BCUT2D eigenvalue weighted by atomic mass is 16.3. The molecule has 4 heterocycles. The molecule has 2 saturated heterocycles. The Kier molecular flexibility index (Phi) is 7.58. The zero-order valence-electron chi connectivity index (χ0n) is 21.8. The lowest BCUT2D eigenvalue weighted by atomic mass is 9.96. The molecular weight excluding hydrogens is 482 g/mol. The predicted octanol–water partition coefficient (Wildman–Crippen LogP) is 2.49. The van der Waals surface area contributed by atoms with Gasteiger partial charge in [-0.1, -0.05) is 18.2 Å². The average Bonchev–Trinajstić information content (AvgIpc) is 3.13.